The zero-order chi connectivity index (χ0) is 17.0. The topological polar surface area (TPSA) is 69.3 Å². The number of hydrogen-bond donors (Lipinski definition) is 1. The Hall–Kier alpha value is -1.99. The molecule has 0 aromatic heterocycles. The Morgan fingerprint density at radius 3 is 2.54 bits per heavy atom. The molecule has 7 heteroatoms. The highest BCUT2D eigenvalue weighted by atomic mass is 16.7. The standard InChI is InChI=1S/C17H24N2O5/c1-21-13-3-4-14(15(11-13)22-2)18-12-16(20)19-7-5-17(6-8-19)23-9-10-24-17/h3-4,11,18H,5-10,12H2,1-2H3. The number of carbonyl (C=O) groups is 1. The number of nitrogens with zero attached hydrogens (tertiary/aromatic N) is 1. The van der Waals surface area contributed by atoms with Crippen LogP contribution in [0.15, 0.2) is 18.2 Å². The summed E-state index contributed by atoms with van der Waals surface area (Å²) in [5.41, 5.74) is 0.766. The number of amides is 1. The molecule has 1 amide bonds. The molecule has 132 valence electrons. The first-order valence-corrected chi connectivity index (χ1v) is 8.17. The van der Waals surface area contributed by atoms with Gasteiger partial charge in [0.25, 0.3) is 0 Å². The Morgan fingerprint density at radius 2 is 1.92 bits per heavy atom. The number of hydrogen-bond acceptors (Lipinski definition) is 6. The number of carbonyl (C=O) groups excluding carboxylic acids is 1. The zero-order valence-electron chi connectivity index (χ0n) is 14.2. The second kappa shape index (κ2) is 7.27. The van der Waals surface area contributed by atoms with E-state index in [1.165, 1.54) is 0 Å². The first kappa shape index (κ1) is 16.9. The van der Waals surface area contributed by atoms with Gasteiger partial charge in [0, 0.05) is 32.0 Å². The molecule has 2 heterocycles. The summed E-state index contributed by atoms with van der Waals surface area (Å²) in [6.07, 6.45) is 1.45. The van der Waals surface area contributed by atoms with Gasteiger partial charge < -0.3 is 29.2 Å². The number of likely N-dealkylation sites (tertiary alicyclic amines) is 1. The zero-order valence-corrected chi connectivity index (χ0v) is 14.2. The monoisotopic (exact) mass is 336 g/mol. The molecule has 2 aliphatic rings. The number of benzene rings is 1. The van der Waals surface area contributed by atoms with Crippen LogP contribution < -0.4 is 14.8 Å². The van der Waals surface area contributed by atoms with Crippen LogP contribution in [0.2, 0.25) is 0 Å². The average Bonchev–Trinajstić information content (AvgIpc) is 3.08. The van der Waals surface area contributed by atoms with Gasteiger partial charge in [-0.2, -0.15) is 0 Å². The minimum Gasteiger partial charge on any atom is -0.497 e. The minimum absolute atomic E-state index is 0.0562. The van der Waals surface area contributed by atoms with Crippen LogP contribution in [-0.2, 0) is 14.3 Å². The van der Waals surface area contributed by atoms with Gasteiger partial charge in [-0.1, -0.05) is 0 Å². The lowest BCUT2D eigenvalue weighted by atomic mass is 10.0. The van der Waals surface area contributed by atoms with Crippen molar-refractivity contribution in [2.45, 2.75) is 18.6 Å². The number of piperidine rings is 1. The van der Waals surface area contributed by atoms with Gasteiger partial charge in [0.1, 0.15) is 11.5 Å². The molecule has 2 aliphatic heterocycles. The Bertz CT molecular complexity index is 576. The number of methoxy groups -OCH3 is 2. The molecule has 1 aromatic rings. The molecule has 0 bridgehead atoms. The van der Waals surface area contributed by atoms with Crippen LogP contribution in [0, 0.1) is 0 Å². The fraction of sp³-hybridized carbons (Fsp3) is 0.588. The molecule has 2 fully saturated rings. The molecule has 0 unspecified atom stereocenters. The Labute approximate surface area is 141 Å². The van der Waals surface area contributed by atoms with E-state index in [9.17, 15) is 4.79 Å². The van der Waals surface area contributed by atoms with Crippen molar-refractivity contribution in [1.29, 1.82) is 0 Å². The molecule has 1 N–H and O–H groups in total. The quantitative estimate of drug-likeness (QED) is 0.878. The molecule has 0 atom stereocenters. The van der Waals surface area contributed by atoms with E-state index in [0.29, 0.717) is 37.8 Å². The third-order valence-electron chi connectivity index (χ3n) is 4.53. The molecule has 3 rings (SSSR count). The van der Waals surface area contributed by atoms with E-state index in [1.807, 2.05) is 17.0 Å². The summed E-state index contributed by atoms with van der Waals surface area (Å²) in [5, 5.41) is 3.14. The van der Waals surface area contributed by atoms with Gasteiger partial charge in [0.05, 0.1) is 39.7 Å². The Balaban J connectivity index is 1.52. The van der Waals surface area contributed by atoms with E-state index < -0.39 is 5.79 Å². The first-order valence-electron chi connectivity index (χ1n) is 8.17. The molecule has 1 spiro atoms. The Morgan fingerprint density at radius 1 is 1.21 bits per heavy atom. The van der Waals surface area contributed by atoms with Crippen LogP contribution >= 0.6 is 0 Å². The van der Waals surface area contributed by atoms with Gasteiger partial charge in [-0.3, -0.25) is 4.79 Å². The van der Waals surface area contributed by atoms with Gasteiger partial charge >= 0.3 is 0 Å². The van der Waals surface area contributed by atoms with E-state index in [-0.39, 0.29) is 12.5 Å². The van der Waals surface area contributed by atoms with Crippen molar-refractivity contribution in [3.05, 3.63) is 18.2 Å². The highest BCUT2D eigenvalue weighted by Gasteiger charge is 2.40. The lowest BCUT2D eigenvalue weighted by Crippen LogP contribution is -2.48. The van der Waals surface area contributed by atoms with Crippen molar-refractivity contribution in [2.75, 3.05) is 52.4 Å². The molecule has 24 heavy (non-hydrogen) atoms. The summed E-state index contributed by atoms with van der Waals surface area (Å²) in [6, 6.07) is 5.46. The van der Waals surface area contributed by atoms with Crippen molar-refractivity contribution < 1.29 is 23.7 Å². The van der Waals surface area contributed by atoms with Crippen LogP contribution in [-0.4, -0.2) is 63.7 Å². The lowest BCUT2D eigenvalue weighted by molar-refractivity contribution is -0.187. The first-order chi connectivity index (χ1) is 11.7. The maximum Gasteiger partial charge on any atom is 0.241 e. The van der Waals surface area contributed by atoms with Gasteiger partial charge in [-0.05, 0) is 12.1 Å². The van der Waals surface area contributed by atoms with E-state index in [4.69, 9.17) is 18.9 Å². The van der Waals surface area contributed by atoms with Crippen molar-refractivity contribution in [1.82, 2.24) is 4.90 Å². The molecule has 0 saturated carbocycles. The van der Waals surface area contributed by atoms with E-state index in [2.05, 4.69) is 5.32 Å². The van der Waals surface area contributed by atoms with Crippen molar-refractivity contribution in [3.63, 3.8) is 0 Å². The smallest absolute Gasteiger partial charge is 0.241 e. The largest absolute Gasteiger partial charge is 0.497 e. The summed E-state index contributed by atoms with van der Waals surface area (Å²) in [5.74, 6) is 0.957. The van der Waals surface area contributed by atoms with Crippen molar-refractivity contribution >= 4 is 11.6 Å². The molecule has 1 aromatic carbocycles. The van der Waals surface area contributed by atoms with Crippen LogP contribution in [0.4, 0.5) is 5.69 Å². The van der Waals surface area contributed by atoms with Crippen molar-refractivity contribution in [3.8, 4) is 11.5 Å². The molecule has 2 saturated heterocycles. The lowest BCUT2D eigenvalue weighted by Gasteiger charge is -2.37. The summed E-state index contributed by atoms with van der Waals surface area (Å²) in [6.45, 7) is 2.82. The van der Waals surface area contributed by atoms with Crippen LogP contribution in [0.3, 0.4) is 0 Å². The second-order valence-corrected chi connectivity index (χ2v) is 5.91. The van der Waals surface area contributed by atoms with E-state index in [0.717, 1.165) is 18.5 Å². The normalized spacial score (nSPS) is 19.3. The number of rotatable bonds is 5. The maximum absolute atomic E-state index is 12.4. The molecular formula is C17H24N2O5. The van der Waals surface area contributed by atoms with Crippen LogP contribution in [0.1, 0.15) is 12.8 Å². The van der Waals surface area contributed by atoms with E-state index >= 15 is 0 Å². The van der Waals surface area contributed by atoms with Gasteiger partial charge in [0.2, 0.25) is 5.91 Å². The fourth-order valence-corrected chi connectivity index (χ4v) is 3.11. The highest BCUT2D eigenvalue weighted by Crippen LogP contribution is 2.32. The van der Waals surface area contributed by atoms with Crippen molar-refractivity contribution in [2.24, 2.45) is 0 Å². The average molecular weight is 336 g/mol. The highest BCUT2D eigenvalue weighted by molar-refractivity contribution is 5.81. The number of ether oxygens (including phenoxy) is 4. The third-order valence-corrected chi connectivity index (χ3v) is 4.53. The number of anilines is 1. The Kier molecular flexibility index (Phi) is 5.11. The summed E-state index contributed by atoms with van der Waals surface area (Å²) in [4.78, 5) is 14.3. The van der Waals surface area contributed by atoms with Gasteiger partial charge in [0.15, 0.2) is 5.79 Å². The summed E-state index contributed by atoms with van der Waals surface area (Å²) in [7, 11) is 3.19. The molecule has 0 aliphatic carbocycles. The SMILES string of the molecule is COc1ccc(NCC(=O)N2CCC3(CC2)OCCO3)c(OC)c1. The number of nitrogens with one attached hydrogen (secondary N) is 1. The van der Waals surface area contributed by atoms with Gasteiger partial charge in [-0.25, -0.2) is 0 Å². The van der Waals surface area contributed by atoms with Crippen LogP contribution in [0.5, 0.6) is 11.5 Å². The van der Waals surface area contributed by atoms with Crippen LogP contribution in [0.25, 0.3) is 0 Å². The third kappa shape index (κ3) is 3.57. The fourth-order valence-electron chi connectivity index (χ4n) is 3.11. The minimum atomic E-state index is -0.455. The predicted octanol–water partition coefficient (Wildman–Crippen LogP) is 1.48. The van der Waals surface area contributed by atoms with Gasteiger partial charge in [-0.15, -0.1) is 0 Å². The summed E-state index contributed by atoms with van der Waals surface area (Å²) < 4.78 is 21.9. The molecule has 0 radical (unpaired) electrons. The molecule has 7 nitrogen and oxygen atoms in total. The van der Waals surface area contributed by atoms with E-state index in [1.54, 1.807) is 20.3 Å². The molecular weight excluding hydrogens is 312 g/mol. The second-order valence-electron chi connectivity index (χ2n) is 5.91. The predicted molar refractivity (Wildman–Crippen MR) is 88.5 cm³/mol. The maximum atomic E-state index is 12.4. The summed E-state index contributed by atoms with van der Waals surface area (Å²) >= 11 is 0.